The molecule has 0 spiro atoms. The lowest BCUT2D eigenvalue weighted by molar-refractivity contribution is 0.101. The number of ether oxygens (including phenoxy) is 1. The Kier molecular flexibility index (Phi) is 4.98. The molecule has 1 heterocycles. The molecule has 4 nitrogen and oxygen atoms in total. The lowest BCUT2D eigenvalue weighted by atomic mass is 10.2. The van der Waals surface area contributed by atoms with Crippen LogP contribution in [0.1, 0.15) is 16.1 Å². The van der Waals surface area contributed by atoms with E-state index in [1.54, 1.807) is 13.2 Å². The van der Waals surface area contributed by atoms with Crippen molar-refractivity contribution in [2.45, 2.75) is 13.5 Å². The van der Waals surface area contributed by atoms with E-state index in [0.29, 0.717) is 18.8 Å². The first-order chi connectivity index (χ1) is 9.60. The van der Waals surface area contributed by atoms with Crippen LogP contribution < -0.4 is 5.32 Å². The van der Waals surface area contributed by atoms with E-state index in [9.17, 15) is 4.79 Å². The minimum atomic E-state index is -0.122. The molecule has 0 saturated carbocycles. The summed E-state index contributed by atoms with van der Waals surface area (Å²) < 4.78 is 7.87. The molecule has 0 atom stereocenters. The van der Waals surface area contributed by atoms with E-state index in [1.165, 1.54) is 0 Å². The predicted octanol–water partition coefficient (Wildman–Crippen LogP) is 3.46. The minimum Gasteiger partial charge on any atom is -0.383 e. The van der Waals surface area contributed by atoms with Gasteiger partial charge in [-0.3, -0.25) is 4.79 Å². The highest BCUT2D eigenvalue weighted by atomic mass is 79.9. The van der Waals surface area contributed by atoms with E-state index in [4.69, 9.17) is 4.74 Å². The van der Waals surface area contributed by atoms with E-state index in [0.717, 1.165) is 15.7 Å². The fourth-order valence-electron chi connectivity index (χ4n) is 2.01. The van der Waals surface area contributed by atoms with Crippen LogP contribution in [-0.2, 0) is 11.3 Å². The van der Waals surface area contributed by atoms with Gasteiger partial charge in [0.25, 0.3) is 5.91 Å². The first-order valence-corrected chi connectivity index (χ1v) is 7.12. The average molecular weight is 337 g/mol. The quantitative estimate of drug-likeness (QED) is 0.908. The Bertz CT molecular complexity index is 587. The van der Waals surface area contributed by atoms with Gasteiger partial charge in [0.2, 0.25) is 0 Å². The number of hydrogen-bond donors (Lipinski definition) is 1. The van der Waals surface area contributed by atoms with Gasteiger partial charge in [-0.15, -0.1) is 0 Å². The largest absolute Gasteiger partial charge is 0.383 e. The molecule has 0 fully saturated rings. The Morgan fingerprint density at radius 2 is 2.20 bits per heavy atom. The fraction of sp³-hybridized carbons (Fsp3) is 0.267. The van der Waals surface area contributed by atoms with Gasteiger partial charge >= 0.3 is 0 Å². The number of nitrogens with zero attached hydrogens (tertiary/aromatic N) is 1. The van der Waals surface area contributed by atoms with Crippen LogP contribution >= 0.6 is 15.9 Å². The standard InChI is InChI=1S/C15H17BrN2O2/c1-11-8-12(16)10-13(9-11)17-15(19)14-4-3-5-18(14)6-7-20-2/h3-5,8-10H,6-7H2,1-2H3,(H,17,19). The van der Waals surface area contributed by atoms with E-state index >= 15 is 0 Å². The number of aromatic nitrogens is 1. The lowest BCUT2D eigenvalue weighted by Crippen LogP contribution is -2.18. The third-order valence-electron chi connectivity index (χ3n) is 2.90. The summed E-state index contributed by atoms with van der Waals surface area (Å²) in [5.41, 5.74) is 2.49. The molecule has 0 aliphatic rings. The van der Waals surface area contributed by atoms with Gasteiger partial charge in [0, 0.05) is 30.0 Å². The SMILES string of the molecule is COCCn1cccc1C(=O)Nc1cc(C)cc(Br)c1. The number of anilines is 1. The highest BCUT2D eigenvalue weighted by molar-refractivity contribution is 9.10. The van der Waals surface area contributed by atoms with Gasteiger partial charge in [-0.1, -0.05) is 15.9 Å². The van der Waals surface area contributed by atoms with Gasteiger partial charge < -0.3 is 14.6 Å². The Balaban J connectivity index is 2.13. The van der Waals surface area contributed by atoms with E-state index in [2.05, 4.69) is 21.2 Å². The number of methoxy groups -OCH3 is 1. The molecule has 1 aromatic heterocycles. The number of aryl methyl sites for hydroxylation is 1. The van der Waals surface area contributed by atoms with Gasteiger partial charge in [-0.05, 0) is 42.8 Å². The molecule has 1 amide bonds. The van der Waals surface area contributed by atoms with Crippen LogP contribution in [0.5, 0.6) is 0 Å². The number of rotatable bonds is 5. The summed E-state index contributed by atoms with van der Waals surface area (Å²) in [4.78, 5) is 12.3. The Hall–Kier alpha value is -1.59. The normalized spacial score (nSPS) is 10.6. The molecule has 0 saturated heterocycles. The number of benzene rings is 1. The highest BCUT2D eigenvalue weighted by Crippen LogP contribution is 2.19. The third-order valence-corrected chi connectivity index (χ3v) is 3.36. The molecular formula is C15H17BrN2O2. The Morgan fingerprint density at radius 3 is 2.90 bits per heavy atom. The summed E-state index contributed by atoms with van der Waals surface area (Å²) in [6.45, 7) is 3.22. The summed E-state index contributed by atoms with van der Waals surface area (Å²) in [5.74, 6) is -0.122. The Morgan fingerprint density at radius 1 is 1.40 bits per heavy atom. The lowest BCUT2D eigenvalue weighted by Gasteiger charge is -2.10. The number of hydrogen-bond acceptors (Lipinski definition) is 2. The summed E-state index contributed by atoms with van der Waals surface area (Å²) in [6.07, 6.45) is 1.88. The summed E-state index contributed by atoms with van der Waals surface area (Å²) >= 11 is 3.43. The second-order valence-electron chi connectivity index (χ2n) is 4.55. The number of amides is 1. The number of carbonyl (C=O) groups excluding carboxylic acids is 1. The first-order valence-electron chi connectivity index (χ1n) is 6.33. The molecule has 0 aliphatic carbocycles. The van der Waals surface area contributed by atoms with Crippen molar-refractivity contribution in [1.29, 1.82) is 0 Å². The van der Waals surface area contributed by atoms with E-state index in [-0.39, 0.29) is 5.91 Å². The zero-order valence-electron chi connectivity index (χ0n) is 11.5. The van der Waals surface area contributed by atoms with Crippen molar-refractivity contribution >= 4 is 27.5 Å². The van der Waals surface area contributed by atoms with Gasteiger partial charge in [0.1, 0.15) is 5.69 Å². The molecule has 5 heteroatoms. The zero-order valence-corrected chi connectivity index (χ0v) is 13.1. The molecule has 0 radical (unpaired) electrons. The summed E-state index contributed by atoms with van der Waals surface area (Å²) in [6, 6.07) is 9.47. The topological polar surface area (TPSA) is 43.3 Å². The maximum atomic E-state index is 12.3. The predicted molar refractivity (Wildman–Crippen MR) is 83.1 cm³/mol. The average Bonchev–Trinajstić information content (AvgIpc) is 2.83. The molecule has 1 aromatic carbocycles. The maximum Gasteiger partial charge on any atom is 0.272 e. The monoisotopic (exact) mass is 336 g/mol. The molecule has 0 bridgehead atoms. The van der Waals surface area contributed by atoms with Crippen molar-refractivity contribution < 1.29 is 9.53 Å². The van der Waals surface area contributed by atoms with Crippen molar-refractivity contribution in [1.82, 2.24) is 4.57 Å². The Labute approximate surface area is 126 Å². The highest BCUT2D eigenvalue weighted by Gasteiger charge is 2.11. The summed E-state index contributed by atoms with van der Waals surface area (Å²) in [7, 11) is 1.65. The van der Waals surface area contributed by atoms with Crippen LogP contribution in [0, 0.1) is 6.92 Å². The second-order valence-corrected chi connectivity index (χ2v) is 5.47. The van der Waals surface area contributed by atoms with Crippen molar-refractivity contribution in [3.8, 4) is 0 Å². The van der Waals surface area contributed by atoms with Gasteiger partial charge in [0.05, 0.1) is 6.61 Å². The maximum absolute atomic E-state index is 12.3. The number of halogens is 1. The van der Waals surface area contributed by atoms with Gasteiger partial charge in [0.15, 0.2) is 0 Å². The van der Waals surface area contributed by atoms with Crippen molar-refractivity contribution in [2.24, 2.45) is 0 Å². The molecular weight excluding hydrogens is 320 g/mol. The van der Waals surface area contributed by atoms with Crippen LogP contribution in [0.3, 0.4) is 0 Å². The third kappa shape index (κ3) is 3.71. The second kappa shape index (κ2) is 6.72. The smallest absolute Gasteiger partial charge is 0.272 e. The molecule has 1 N–H and O–H groups in total. The van der Waals surface area contributed by atoms with Crippen LogP contribution in [0.25, 0.3) is 0 Å². The van der Waals surface area contributed by atoms with E-state index in [1.807, 2.05) is 42.0 Å². The number of nitrogens with one attached hydrogen (secondary N) is 1. The first kappa shape index (κ1) is 14.8. The number of carbonyl (C=O) groups is 1. The minimum absolute atomic E-state index is 0.122. The molecule has 0 unspecified atom stereocenters. The van der Waals surface area contributed by atoms with Crippen LogP contribution in [-0.4, -0.2) is 24.2 Å². The van der Waals surface area contributed by atoms with Gasteiger partial charge in [-0.25, -0.2) is 0 Å². The summed E-state index contributed by atoms with van der Waals surface area (Å²) in [5, 5.41) is 2.91. The molecule has 2 rings (SSSR count). The van der Waals surface area contributed by atoms with Crippen molar-refractivity contribution in [3.05, 3.63) is 52.3 Å². The van der Waals surface area contributed by atoms with Crippen molar-refractivity contribution in [2.75, 3.05) is 19.0 Å². The molecule has 2 aromatic rings. The fourth-order valence-corrected chi connectivity index (χ4v) is 2.62. The molecule has 0 aliphatic heterocycles. The van der Waals surface area contributed by atoms with Gasteiger partial charge in [-0.2, -0.15) is 0 Å². The van der Waals surface area contributed by atoms with Crippen LogP contribution in [0.4, 0.5) is 5.69 Å². The molecule has 20 heavy (non-hydrogen) atoms. The van der Waals surface area contributed by atoms with E-state index < -0.39 is 0 Å². The van der Waals surface area contributed by atoms with Crippen LogP contribution in [0.2, 0.25) is 0 Å². The van der Waals surface area contributed by atoms with Crippen LogP contribution in [0.15, 0.2) is 41.0 Å². The molecule has 106 valence electrons. The zero-order chi connectivity index (χ0) is 14.5. The van der Waals surface area contributed by atoms with Crippen molar-refractivity contribution in [3.63, 3.8) is 0 Å².